The number of likely N-dealkylation sites (tertiary alicyclic amines) is 1. The summed E-state index contributed by atoms with van der Waals surface area (Å²) in [7, 11) is 0. The highest BCUT2D eigenvalue weighted by molar-refractivity contribution is 5.95. The molecule has 1 N–H and O–H groups in total. The SMILES string of the molecule is CC(C)NC(=O)c1ccc(OC[C@H]2CCCN2C(=O)c2ccc(F)cc2)cc1. The fraction of sp³-hybridized carbons (Fsp3) is 0.364. The maximum atomic E-state index is 13.1. The molecule has 2 amide bonds. The van der Waals surface area contributed by atoms with Crippen molar-refractivity contribution < 1.29 is 18.7 Å². The number of nitrogens with zero attached hydrogens (tertiary/aromatic N) is 1. The maximum Gasteiger partial charge on any atom is 0.254 e. The number of hydrogen-bond donors (Lipinski definition) is 1. The first-order chi connectivity index (χ1) is 13.4. The third-order valence-electron chi connectivity index (χ3n) is 4.71. The third-order valence-corrected chi connectivity index (χ3v) is 4.71. The average molecular weight is 384 g/mol. The average Bonchev–Trinajstić information content (AvgIpc) is 3.15. The molecule has 5 nitrogen and oxygen atoms in total. The van der Waals surface area contributed by atoms with Crippen LogP contribution in [0.1, 0.15) is 47.4 Å². The summed E-state index contributed by atoms with van der Waals surface area (Å²) in [6.45, 7) is 4.87. The second kappa shape index (κ2) is 8.87. The molecule has 0 bridgehead atoms. The normalized spacial score (nSPS) is 16.3. The number of rotatable bonds is 6. The predicted octanol–water partition coefficient (Wildman–Crippen LogP) is 3.65. The van der Waals surface area contributed by atoms with Crippen molar-refractivity contribution in [2.75, 3.05) is 13.2 Å². The van der Waals surface area contributed by atoms with Crippen LogP contribution in [0.3, 0.4) is 0 Å². The highest BCUT2D eigenvalue weighted by Crippen LogP contribution is 2.22. The lowest BCUT2D eigenvalue weighted by Crippen LogP contribution is -2.39. The lowest BCUT2D eigenvalue weighted by Gasteiger charge is -2.25. The third kappa shape index (κ3) is 4.88. The number of hydrogen-bond acceptors (Lipinski definition) is 3. The van der Waals surface area contributed by atoms with Crippen molar-refractivity contribution >= 4 is 11.8 Å². The van der Waals surface area contributed by atoms with Crippen molar-refractivity contribution in [3.63, 3.8) is 0 Å². The van der Waals surface area contributed by atoms with Gasteiger partial charge in [0.1, 0.15) is 18.2 Å². The lowest BCUT2D eigenvalue weighted by atomic mass is 10.1. The zero-order chi connectivity index (χ0) is 20.1. The topological polar surface area (TPSA) is 58.6 Å². The Hall–Kier alpha value is -2.89. The highest BCUT2D eigenvalue weighted by atomic mass is 19.1. The van der Waals surface area contributed by atoms with Crippen LogP contribution in [-0.4, -0.2) is 41.9 Å². The van der Waals surface area contributed by atoms with Gasteiger partial charge in [0.05, 0.1) is 6.04 Å². The van der Waals surface area contributed by atoms with Crippen LogP contribution in [0.4, 0.5) is 4.39 Å². The smallest absolute Gasteiger partial charge is 0.254 e. The van der Waals surface area contributed by atoms with Gasteiger partial charge in [0.25, 0.3) is 11.8 Å². The van der Waals surface area contributed by atoms with Crippen LogP contribution < -0.4 is 10.1 Å². The van der Waals surface area contributed by atoms with Crippen molar-refractivity contribution in [3.05, 3.63) is 65.5 Å². The molecule has 0 spiro atoms. The van der Waals surface area contributed by atoms with Gasteiger partial charge >= 0.3 is 0 Å². The molecule has 0 aliphatic carbocycles. The van der Waals surface area contributed by atoms with E-state index < -0.39 is 0 Å². The minimum atomic E-state index is -0.358. The molecule has 6 heteroatoms. The van der Waals surface area contributed by atoms with Crippen molar-refractivity contribution in [2.24, 2.45) is 0 Å². The summed E-state index contributed by atoms with van der Waals surface area (Å²) >= 11 is 0. The first-order valence-corrected chi connectivity index (χ1v) is 9.54. The molecule has 1 atom stereocenters. The summed E-state index contributed by atoms with van der Waals surface area (Å²) < 4.78 is 18.9. The fourth-order valence-electron chi connectivity index (χ4n) is 3.28. The van der Waals surface area contributed by atoms with Gasteiger partial charge in [-0.2, -0.15) is 0 Å². The molecular weight excluding hydrogens is 359 g/mol. The number of carbonyl (C=O) groups is 2. The van der Waals surface area contributed by atoms with E-state index in [4.69, 9.17) is 4.74 Å². The van der Waals surface area contributed by atoms with Gasteiger partial charge in [0.2, 0.25) is 0 Å². The molecule has 1 saturated heterocycles. The quantitative estimate of drug-likeness (QED) is 0.827. The number of carbonyl (C=O) groups excluding carboxylic acids is 2. The molecular formula is C22H25FN2O3. The van der Waals surface area contributed by atoms with E-state index in [-0.39, 0.29) is 29.7 Å². The Morgan fingerprint density at radius 3 is 2.39 bits per heavy atom. The second-order valence-corrected chi connectivity index (χ2v) is 7.27. The summed E-state index contributed by atoms with van der Waals surface area (Å²) in [5, 5.41) is 2.85. The predicted molar refractivity (Wildman–Crippen MR) is 105 cm³/mol. The number of halogens is 1. The molecule has 0 aromatic heterocycles. The molecule has 1 fully saturated rings. The van der Waals surface area contributed by atoms with Gasteiger partial charge in [-0.05, 0) is 75.2 Å². The minimum absolute atomic E-state index is 0.0264. The summed E-state index contributed by atoms with van der Waals surface area (Å²) in [5.41, 5.74) is 1.06. The van der Waals surface area contributed by atoms with E-state index in [9.17, 15) is 14.0 Å². The Labute approximate surface area is 164 Å². The van der Waals surface area contributed by atoms with E-state index >= 15 is 0 Å². The number of amides is 2. The molecule has 148 valence electrons. The molecule has 1 heterocycles. The largest absolute Gasteiger partial charge is 0.491 e. The second-order valence-electron chi connectivity index (χ2n) is 7.27. The van der Waals surface area contributed by atoms with Crippen LogP contribution in [0.15, 0.2) is 48.5 Å². The highest BCUT2D eigenvalue weighted by Gasteiger charge is 2.30. The summed E-state index contributed by atoms with van der Waals surface area (Å²) in [6.07, 6.45) is 1.77. The van der Waals surface area contributed by atoms with Crippen LogP contribution in [0.25, 0.3) is 0 Å². The first kappa shape index (κ1) is 19.9. The van der Waals surface area contributed by atoms with E-state index in [0.717, 1.165) is 12.8 Å². The van der Waals surface area contributed by atoms with Crippen molar-refractivity contribution in [3.8, 4) is 5.75 Å². The van der Waals surface area contributed by atoms with Crippen LogP contribution in [0.2, 0.25) is 0 Å². The maximum absolute atomic E-state index is 13.1. The molecule has 28 heavy (non-hydrogen) atoms. The molecule has 2 aromatic rings. The van der Waals surface area contributed by atoms with E-state index in [1.807, 2.05) is 13.8 Å². The molecule has 0 radical (unpaired) electrons. The van der Waals surface area contributed by atoms with Crippen LogP contribution >= 0.6 is 0 Å². The zero-order valence-corrected chi connectivity index (χ0v) is 16.2. The monoisotopic (exact) mass is 384 g/mol. The summed E-state index contributed by atoms with van der Waals surface area (Å²) in [6, 6.07) is 12.6. The Kier molecular flexibility index (Phi) is 6.29. The Morgan fingerprint density at radius 1 is 1.11 bits per heavy atom. The number of benzene rings is 2. The van der Waals surface area contributed by atoms with Crippen molar-refractivity contribution in [2.45, 2.75) is 38.8 Å². The van der Waals surface area contributed by atoms with Gasteiger partial charge in [0.15, 0.2) is 0 Å². The van der Waals surface area contributed by atoms with Gasteiger partial charge in [0, 0.05) is 23.7 Å². The summed E-state index contributed by atoms with van der Waals surface area (Å²) in [5.74, 6) is 0.0748. The molecule has 3 rings (SSSR count). The van der Waals surface area contributed by atoms with Crippen molar-refractivity contribution in [1.82, 2.24) is 10.2 Å². The Morgan fingerprint density at radius 2 is 1.75 bits per heavy atom. The van der Waals surface area contributed by atoms with Crippen molar-refractivity contribution in [1.29, 1.82) is 0 Å². The summed E-state index contributed by atoms with van der Waals surface area (Å²) in [4.78, 5) is 26.5. The van der Waals surface area contributed by atoms with E-state index in [2.05, 4.69) is 5.32 Å². The Bertz CT molecular complexity index is 819. The number of ether oxygens (including phenoxy) is 1. The molecule has 2 aromatic carbocycles. The van der Waals surface area contributed by atoms with Gasteiger partial charge < -0.3 is 15.0 Å². The zero-order valence-electron chi connectivity index (χ0n) is 16.2. The van der Waals surface area contributed by atoms with E-state index in [0.29, 0.717) is 30.0 Å². The van der Waals surface area contributed by atoms with Crippen LogP contribution in [0.5, 0.6) is 5.75 Å². The molecule has 1 aliphatic heterocycles. The van der Waals surface area contributed by atoms with Gasteiger partial charge in [-0.15, -0.1) is 0 Å². The van der Waals surface area contributed by atoms with Gasteiger partial charge in [-0.3, -0.25) is 9.59 Å². The van der Waals surface area contributed by atoms with E-state index in [1.165, 1.54) is 24.3 Å². The molecule has 1 aliphatic rings. The van der Waals surface area contributed by atoms with Crippen LogP contribution in [0, 0.1) is 5.82 Å². The molecule has 0 unspecified atom stereocenters. The Balaban J connectivity index is 1.58. The van der Waals surface area contributed by atoms with Gasteiger partial charge in [-0.1, -0.05) is 0 Å². The first-order valence-electron chi connectivity index (χ1n) is 9.54. The van der Waals surface area contributed by atoms with E-state index in [1.54, 1.807) is 29.2 Å². The fourth-order valence-corrected chi connectivity index (χ4v) is 3.28. The lowest BCUT2D eigenvalue weighted by molar-refractivity contribution is 0.0691. The molecule has 0 saturated carbocycles. The standard InChI is InChI=1S/C22H25FN2O3/c1-15(2)24-21(26)16-7-11-20(12-8-16)28-14-19-4-3-13-25(19)22(27)17-5-9-18(23)10-6-17/h5-12,15,19H,3-4,13-14H2,1-2H3,(H,24,26)/t19-/m1/s1. The van der Waals surface area contributed by atoms with Gasteiger partial charge in [-0.25, -0.2) is 4.39 Å². The minimum Gasteiger partial charge on any atom is -0.491 e. The number of nitrogens with one attached hydrogen (secondary N) is 1. The van der Waals surface area contributed by atoms with Crippen LogP contribution in [-0.2, 0) is 0 Å².